The van der Waals surface area contributed by atoms with E-state index in [1.165, 1.54) is 12.8 Å². The number of amides is 1. The number of carbonyl (C=O) groups is 1. The van der Waals surface area contributed by atoms with Crippen molar-refractivity contribution in [3.05, 3.63) is 59.9 Å². The molecule has 1 amide bonds. The van der Waals surface area contributed by atoms with Crippen LogP contribution in [0.25, 0.3) is 0 Å². The van der Waals surface area contributed by atoms with Crippen LogP contribution < -0.4 is 10.1 Å². The molecule has 5 nitrogen and oxygen atoms in total. The van der Waals surface area contributed by atoms with E-state index in [-0.39, 0.29) is 30.7 Å². The molecule has 2 atom stereocenters. The molecule has 7 heteroatoms. The lowest BCUT2D eigenvalue weighted by Gasteiger charge is -2.35. The Labute approximate surface area is 178 Å². The lowest BCUT2D eigenvalue weighted by Crippen LogP contribution is -2.48. The Kier molecular flexibility index (Phi) is 8.10. The second kappa shape index (κ2) is 10.1. The van der Waals surface area contributed by atoms with E-state index < -0.39 is 0 Å². The van der Waals surface area contributed by atoms with Crippen molar-refractivity contribution in [2.45, 2.75) is 50.4 Å². The summed E-state index contributed by atoms with van der Waals surface area (Å²) in [6, 6.07) is 12.8. The number of nitrogens with zero attached hydrogens (tertiary/aromatic N) is 2. The van der Waals surface area contributed by atoms with Gasteiger partial charge in [0.05, 0.1) is 0 Å². The number of nitrogens with one attached hydrogen (secondary N) is 1. The predicted octanol–water partition coefficient (Wildman–Crippen LogP) is 3.86. The molecule has 28 heavy (non-hydrogen) atoms. The topological polar surface area (TPSA) is 54.5 Å². The Bertz CT molecular complexity index is 763. The molecule has 1 aromatic carbocycles. The van der Waals surface area contributed by atoms with Crippen LogP contribution in [-0.2, 0) is 6.61 Å². The summed E-state index contributed by atoms with van der Waals surface area (Å²) in [4.78, 5) is 19.0. The van der Waals surface area contributed by atoms with E-state index in [9.17, 15) is 4.79 Å². The first-order chi connectivity index (χ1) is 12.7. The summed E-state index contributed by atoms with van der Waals surface area (Å²) < 4.78 is 5.83. The first-order valence-electron chi connectivity index (χ1n) is 9.34. The van der Waals surface area contributed by atoms with Gasteiger partial charge in [0.15, 0.2) is 0 Å². The molecule has 2 bridgehead atoms. The maximum atomic E-state index is 12.9. The number of ether oxygens (including phenoxy) is 1. The molecule has 3 heterocycles. The smallest absolute Gasteiger partial charge is 0.253 e. The molecular formula is C21H27Cl2N3O2. The maximum absolute atomic E-state index is 12.9. The van der Waals surface area contributed by atoms with Gasteiger partial charge >= 0.3 is 0 Å². The van der Waals surface area contributed by atoms with E-state index in [1.54, 1.807) is 12.4 Å². The van der Waals surface area contributed by atoms with E-state index in [1.807, 2.05) is 48.3 Å². The van der Waals surface area contributed by atoms with Crippen LogP contribution in [0.5, 0.6) is 5.75 Å². The zero-order valence-corrected chi connectivity index (χ0v) is 17.5. The predicted molar refractivity (Wildman–Crippen MR) is 115 cm³/mol. The summed E-state index contributed by atoms with van der Waals surface area (Å²) >= 11 is 0. The van der Waals surface area contributed by atoms with E-state index in [4.69, 9.17) is 4.74 Å². The van der Waals surface area contributed by atoms with Crippen molar-refractivity contribution in [1.82, 2.24) is 15.2 Å². The van der Waals surface area contributed by atoms with Gasteiger partial charge in [0.2, 0.25) is 0 Å². The van der Waals surface area contributed by atoms with Crippen LogP contribution in [0.2, 0.25) is 0 Å². The van der Waals surface area contributed by atoms with Crippen molar-refractivity contribution in [2.75, 3.05) is 7.05 Å². The summed E-state index contributed by atoms with van der Waals surface area (Å²) in [6.07, 6.45) is 8.10. The third kappa shape index (κ3) is 5.16. The summed E-state index contributed by atoms with van der Waals surface area (Å²) in [7, 11) is 1.93. The largest absolute Gasteiger partial charge is 0.489 e. The molecule has 152 valence electrons. The molecule has 2 unspecified atom stereocenters. The van der Waals surface area contributed by atoms with Gasteiger partial charge in [-0.1, -0.05) is 12.1 Å². The molecule has 1 N–H and O–H groups in total. The quantitative estimate of drug-likeness (QED) is 0.792. The molecule has 1 aromatic heterocycles. The third-order valence-corrected chi connectivity index (χ3v) is 5.53. The van der Waals surface area contributed by atoms with Gasteiger partial charge in [-0.25, -0.2) is 0 Å². The van der Waals surface area contributed by atoms with Crippen LogP contribution in [0.4, 0.5) is 0 Å². The monoisotopic (exact) mass is 423 g/mol. The number of fused-ring (bicyclic) bond motifs is 2. The summed E-state index contributed by atoms with van der Waals surface area (Å²) in [5.41, 5.74) is 1.69. The van der Waals surface area contributed by atoms with E-state index in [0.29, 0.717) is 36.0 Å². The van der Waals surface area contributed by atoms with Crippen molar-refractivity contribution in [3.8, 4) is 5.75 Å². The highest BCUT2D eigenvalue weighted by molar-refractivity contribution is 5.94. The number of hydrogen-bond donors (Lipinski definition) is 1. The van der Waals surface area contributed by atoms with Gasteiger partial charge < -0.3 is 15.0 Å². The lowest BCUT2D eigenvalue weighted by molar-refractivity contribution is 0.0681. The fourth-order valence-electron chi connectivity index (χ4n) is 4.08. The molecule has 0 radical (unpaired) electrons. The van der Waals surface area contributed by atoms with Crippen LogP contribution in [0, 0.1) is 0 Å². The van der Waals surface area contributed by atoms with Crippen LogP contribution in [0.15, 0.2) is 48.8 Å². The maximum Gasteiger partial charge on any atom is 0.253 e. The van der Waals surface area contributed by atoms with E-state index >= 15 is 0 Å². The average molecular weight is 424 g/mol. The van der Waals surface area contributed by atoms with Crippen molar-refractivity contribution in [1.29, 1.82) is 0 Å². The molecule has 2 aliphatic heterocycles. The number of aromatic nitrogens is 1. The highest BCUT2D eigenvalue weighted by Gasteiger charge is 2.36. The number of halogens is 2. The Hall–Kier alpha value is -1.82. The third-order valence-electron chi connectivity index (χ3n) is 5.53. The first-order valence-corrected chi connectivity index (χ1v) is 9.34. The van der Waals surface area contributed by atoms with Crippen LogP contribution in [0.3, 0.4) is 0 Å². The molecule has 2 saturated heterocycles. The number of rotatable bonds is 5. The summed E-state index contributed by atoms with van der Waals surface area (Å²) in [5, 5.41) is 3.63. The fraction of sp³-hybridized carbons (Fsp3) is 0.429. The van der Waals surface area contributed by atoms with Crippen molar-refractivity contribution in [2.24, 2.45) is 0 Å². The van der Waals surface area contributed by atoms with Gasteiger partial charge in [0.1, 0.15) is 12.4 Å². The average Bonchev–Trinajstić information content (AvgIpc) is 3.04. The summed E-state index contributed by atoms with van der Waals surface area (Å²) in [5.74, 6) is 0.779. The van der Waals surface area contributed by atoms with Crippen LogP contribution in [-0.4, -0.2) is 41.0 Å². The normalized spacial score (nSPS) is 22.5. The molecule has 2 fully saturated rings. The zero-order valence-electron chi connectivity index (χ0n) is 15.9. The van der Waals surface area contributed by atoms with E-state index in [0.717, 1.165) is 18.4 Å². The second-order valence-corrected chi connectivity index (χ2v) is 7.36. The first kappa shape index (κ1) is 22.5. The molecular weight excluding hydrogens is 397 g/mol. The van der Waals surface area contributed by atoms with Gasteiger partial charge in [-0.15, -0.1) is 24.8 Å². The van der Waals surface area contributed by atoms with Crippen molar-refractivity contribution in [3.63, 3.8) is 0 Å². The highest BCUT2D eigenvalue weighted by atomic mass is 35.5. The Morgan fingerprint density at radius 1 is 1.18 bits per heavy atom. The summed E-state index contributed by atoms with van der Waals surface area (Å²) in [6.45, 7) is 0.443. The number of hydrogen-bond acceptors (Lipinski definition) is 4. The standard InChI is InChI=1S/C21H25N3O2.2ClH/c1-24(19-11-17-7-8-18(12-19)23-17)21(25)16-5-2-6-20(10-16)26-14-15-4-3-9-22-13-15;;/h2-6,9-10,13,17-19,23H,7-8,11-12,14H2,1H3;2*1H. The van der Waals surface area contributed by atoms with Gasteiger partial charge in [0.25, 0.3) is 5.91 Å². The molecule has 0 aliphatic carbocycles. The Morgan fingerprint density at radius 3 is 2.61 bits per heavy atom. The minimum absolute atomic E-state index is 0. The SMILES string of the molecule is CN(C(=O)c1cccc(OCc2cccnc2)c1)C1CC2CCC(C1)N2.Cl.Cl. The number of carbonyl (C=O) groups excluding carboxylic acids is 1. The Balaban J connectivity index is 0.00000140. The molecule has 2 aromatic rings. The number of pyridine rings is 1. The number of benzene rings is 1. The Morgan fingerprint density at radius 2 is 1.93 bits per heavy atom. The molecule has 0 saturated carbocycles. The van der Waals surface area contributed by atoms with Crippen LogP contribution in [0.1, 0.15) is 41.6 Å². The molecule has 4 rings (SSSR count). The van der Waals surface area contributed by atoms with Gasteiger partial charge in [0, 0.05) is 48.7 Å². The van der Waals surface area contributed by atoms with E-state index in [2.05, 4.69) is 10.3 Å². The van der Waals surface area contributed by atoms with Gasteiger partial charge in [-0.3, -0.25) is 9.78 Å². The van der Waals surface area contributed by atoms with Crippen molar-refractivity contribution < 1.29 is 9.53 Å². The van der Waals surface area contributed by atoms with Crippen LogP contribution >= 0.6 is 24.8 Å². The minimum atomic E-state index is 0. The second-order valence-electron chi connectivity index (χ2n) is 7.36. The van der Waals surface area contributed by atoms with Gasteiger partial charge in [-0.05, 0) is 49.9 Å². The van der Waals surface area contributed by atoms with Crippen molar-refractivity contribution >= 4 is 30.7 Å². The highest BCUT2D eigenvalue weighted by Crippen LogP contribution is 2.30. The molecule has 0 spiro atoms. The fourth-order valence-corrected chi connectivity index (χ4v) is 4.08. The lowest BCUT2D eigenvalue weighted by atomic mass is 9.98. The minimum Gasteiger partial charge on any atom is -0.489 e. The van der Waals surface area contributed by atoms with Gasteiger partial charge in [-0.2, -0.15) is 0 Å². The molecule has 2 aliphatic rings. The zero-order chi connectivity index (χ0) is 17.9. The number of piperidine rings is 1.